The van der Waals surface area contributed by atoms with Gasteiger partial charge in [-0.15, -0.1) is 0 Å². The van der Waals surface area contributed by atoms with Crippen LogP contribution in [-0.2, 0) is 23.9 Å². The first-order valence-electron chi connectivity index (χ1n) is 11.0. The van der Waals surface area contributed by atoms with Crippen molar-refractivity contribution in [2.24, 2.45) is 4.99 Å². The molecule has 2 aliphatic rings. The standard InChI is InChI=1S/C26H23N3O7S/c1-14-21(25(33)36-4)22(16-6-5-7-18(12-16)34-2)29-20(30)13-19(37-26(29)27-14)23(31)28-17-10-8-15(9-11-17)24(32)35-3/h5-13,22H,1-4H3,(H,28,31)/t22-/m0/s1. The van der Waals surface area contributed by atoms with Crippen molar-refractivity contribution in [3.05, 3.63) is 81.9 Å². The molecule has 10 nitrogen and oxygen atoms in total. The third-order valence-corrected chi connectivity index (χ3v) is 6.68. The van der Waals surface area contributed by atoms with Crippen LogP contribution in [0.4, 0.5) is 5.69 Å². The van der Waals surface area contributed by atoms with Gasteiger partial charge in [0.15, 0.2) is 5.17 Å². The smallest absolute Gasteiger partial charge is 0.338 e. The molecule has 4 rings (SSSR count). The molecule has 0 fully saturated rings. The van der Waals surface area contributed by atoms with E-state index in [0.717, 1.165) is 11.8 Å². The van der Waals surface area contributed by atoms with E-state index in [9.17, 15) is 19.2 Å². The minimum atomic E-state index is -0.832. The molecule has 0 aromatic heterocycles. The molecule has 0 bridgehead atoms. The van der Waals surface area contributed by atoms with Crippen molar-refractivity contribution in [3.8, 4) is 5.75 Å². The van der Waals surface area contributed by atoms with E-state index in [1.807, 2.05) is 0 Å². The summed E-state index contributed by atoms with van der Waals surface area (Å²) < 4.78 is 15.0. The van der Waals surface area contributed by atoms with Crippen molar-refractivity contribution in [2.45, 2.75) is 13.0 Å². The highest BCUT2D eigenvalue weighted by Gasteiger charge is 2.42. The van der Waals surface area contributed by atoms with Gasteiger partial charge in [-0.05, 0) is 60.6 Å². The number of methoxy groups -OCH3 is 3. The summed E-state index contributed by atoms with van der Waals surface area (Å²) in [5.41, 5.74) is 1.96. The Morgan fingerprint density at radius 2 is 1.70 bits per heavy atom. The van der Waals surface area contributed by atoms with Gasteiger partial charge in [-0.25, -0.2) is 14.6 Å². The highest BCUT2D eigenvalue weighted by atomic mass is 32.2. The fourth-order valence-corrected chi connectivity index (χ4v) is 4.88. The van der Waals surface area contributed by atoms with Crippen LogP contribution in [0, 0.1) is 0 Å². The van der Waals surface area contributed by atoms with E-state index < -0.39 is 29.8 Å². The van der Waals surface area contributed by atoms with Crippen molar-refractivity contribution in [3.63, 3.8) is 0 Å². The third-order valence-electron chi connectivity index (χ3n) is 5.69. The van der Waals surface area contributed by atoms with E-state index in [2.05, 4.69) is 15.0 Å². The summed E-state index contributed by atoms with van der Waals surface area (Å²) in [7, 11) is 4.06. The normalized spacial score (nSPS) is 16.8. The molecular formula is C26H23N3O7S. The molecule has 37 heavy (non-hydrogen) atoms. The van der Waals surface area contributed by atoms with Crippen molar-refractivity contribution in [1.29, 1.82) is 0 Å². The number of anilines is 1. The molecule has 1 N–H and O–H groups in total. The topological polar surface area (TPSA) is 124 Å². The second-order valence-corrected chi connectivity index (χ2v) is 8.92. The number of fused-ring (bicyclic) bond motifs is 1. The number of hydrogen-bond donors (Lipinski definition) is 1. The Hall–Kier alpha value is -4.38. The lowest BCUT2D eigenvalue weighted by molar-refractivity contribution is -0.137. The quantitative estimate of drug-likeness (QED) is 0.574. The number of nitrogens with zero attached hydrogens (tertiary/aromatic N) is 2. The number of benzene rings is 2. The highest BCUT2D eigenvalue weighted by Crippen LogP contribution is 2.42. The van der Waals surface area contributed by atoms with Gasteiger partial charge in [0.2, 0.25) is 0 Å². The summed E-state index contributed by atoms with van der Waals surface area (Å²) >= 11 is 1.00. The first-order valence-corrected chi connectivity index (χ1v) is 11.8. The molecule has 2 amide bonds. The van der Waals surface area contributed by atoms with Gasteiger partial charge in [-0.1, -0.05) is 12.1 Å². The number of amides is 2. The first kappa shape index (κ1) is 25.7. The Kier molecular flexibility index (Phi) is 7.44. The molecule has 0 radical (unpaired) electrons. The molecule has 190 valence electrons. The average Bonchev–Trinajstić information content (AvgIpc) is 2.91. The fourth-order valence-electron chi connectivity index (χ4n) is 3.91. The minimum absolute atomic E-state index is 0.121. The maximum absolute atomic E-state index is 13.4. The molecule has 2 aromatic rings. The number of nitrogens with one attached hydrogen (secondary N) is 1. The molecule has 0 saturated heterocycles. The second-order valence-electron chi connectivity index (χ2n) is 7.91. The van der Waals surface area contributed by atoms with Crippen LogP contribution in [0.3, 0.4) is 0 Å². The summed E-state index contributed by atoms with van der Waals surface area (Å²) in [6, 6.07) is 12.3. The largest absolute Gasteiger partial charge is 0.497 e. The second kappa shape index (κ2) is 10.7. The highest BCUT2D eigenvalue weighted by molar-refractivity contribution is 8.18. The van der Waals surface area contributed by atoms with Crippen LogP contribution in [0.1, 0.15) is 28.9 Å². The number of hydrogen-bond acceptors (Lipinski definition) is 9. The van der Waals surface area contributed by atoms with Crippen LogP contribution < -0.4 is 10.1 Å². The Morgan fingerprint density at radius 3 is 2.35 bits per heavy atom. The number of ether oxygens (including phenoxy) is 3. The Bertz CT molecular complexity index is 1380. The summed E-state index contributed by atoms with van der Waals surface area (Å²) in [6.07, 6.45) is 1.20. The van der Waals surface area contributed by atoms with Gasteiger partial charge in [-0.2, -0.15) is 0 Å². The van der Waals surface area contributed by atoms with Crippen LogP contribution in [0.5, 0.6) is 5.75 Å². The van der Waals surface area contributed by atoms with E-state index in [0.29, 0.717) is 28.3 Å². The number of thioether (sulfide) groups is 1. The summed E-state index contributed by atoms with van der Waals surface area (Å²) in [5.74, 6) is -1.61. The van der Waals surface area contributed by atoms with Crippen molar-refractivity contribution >= 4 is 46.4 Å². The van der Waals surface area contributed by atoms with Crippen LogP contribution in [0.15, 0.2) is 75.8 Å². The van der Waals surface area contributed by atoms with E-state index in [1.54, 1.807) is 43.3 Å². The molecule has 1 atom stereocenters. The number of aliphatic imine (C=N–C) groups is 1. The molecule has 0 spiro atoms. The predicted molar refractivity (Wildman–Crippen MR) is 137 cm³/mol. The minimum Gasteiger partial charge on any atom is -0.497 e. The molecule has 11 heteroatoms. The monoisotopic (exact) mass is 521 g/mol. The average molecular weight is 522 g/mol. The van der Waals surface area contributed by atoms with Crippen molar-refractivity contribution in [2.75, 3.05) is 26.6 Å². The van der Waals surface area contributed by atoms with E-state index in [-0.39, 0.29) is 15.6 Å². The van der Waals surface area contributed by atoms with Crippen LogP contribution >= 0.6 is 11.8 Å². The Labute approximate surface area is 217 Å². The number of allylic oxidation sites excluding steroid dienone is 1. The third kappa shape index (κ3) is 5.12. The Balaban J connectivity index is 1.66. The lowest BCUT2D eigenvalue weighted by atomic mass is 9.94. The first-order chi connectivity index (χ1) is 17.8. The van der Waals surface area contributed by atoms with Gasteiger partial charge in [0.25, 0.3) is 11.8 Å². The van der Waals surface area contributed by atoms with Gasteiger partial charge in [-0.3, -0.25) is 14.5 Å². The molecular weight excluding hydrogens is 498 g/mol. The Morgan fingerprint density at radius 1 is 1.00 bits per heavy atom. The maximum atomic E-state index is 13.4. The van der Waals surface area contributed by atoms with Gasteiger partial charge in [0.1, 0.15) is 5.75 Å². The summed E-state index contributed by atoms with van der Waals surface area (Å²) in [6.45, 7) is 1.65. The van der Waals surface area contributed by atoms with Gasteiger partial charge >= 0.3 is 11.9 Å². The zero-order chi connectivity index (χ0) is 26.7. The van der Waals surface area contributed by atoms with E-state index >= 15 is 0 Å². The predicted octanol–water partition coefficient (Wildman–Crippen LogP) is 3.44. The molecule has 2 heterocycles. The molecule has 0 aliphatic carbocycles. The maximum Gasteiger partial charge on any atom is 0.338 e. The fraction of sp³-hybridized carbons (Fsp3) is 0.192. The van der Waals surface area contributed by atoms with Gasteiger partial charge < -0.3 is 19.5 Å². The molecule has 2 aliphatic heterocycles. The number of carbonyl (C=O) groups is 4. The lowest BCUT2D eigenvalue weighted by Crippen LogP contribution is -2.45. The number of amidine groups is 1. The number of rotatable bonds is 6. The van der Waals surface area contributed by atoms with Crippen LogP contribution in [0.25, 0.3) is 0 Å². The van der Waals surface area contributed by atoms with Crippen LogP contribution in [0.2, 0.25) is 0 Å². The summed E-state index contributed by atoms with van der Waals surface area (Å²) in [4.78, 5) is 56.6. The van der Waals surface area contributed by atoms with Crippen molar-refractivity contribution < 1.29 is 33.4 Å². The van der Waals surface area contributed by atoms with E-state index in [1.165, 1.54) is 44.4 Å². The molecule has 2 aromatic carbocycles. The number of carbonyl (C=O) groups excluding carboxylic acids is 4. The SMILES string of the molecule is COC(=O)C1=C(C)N=C2SC(C(=O)Nc3ccc(C(=O)OC)cc3)=CC(=O)N2[C@H]1c1cccc(OC)c1. The van der Waals surface area contributed by atoms with E-state index in [4.69, 9.17) is 9.47 Å². The number of esters is 2. The van der Waals surface area contributed by atoms with Crippen molar-refractivity contribution in [1.82, 2.24) is 4.90 Å². The zero-order valence-corrected chi connectivity index (χ0v) is 21.3. The van der Waals surface area contributed by atoms with Gasteiger partial charge in [0.05, 0.1) is 49.1 Å². The zero-order valence-electron chi connectivity index (χ0n) is 20.4. The lowest BCUT2D eigenvalue weighted by Gasteiger charge is -2.38. The molecule has 0 saturated carbocycles. The summed E-state index contributed by atoms with van der Waals surface area (Å²) in [5, 5.41) is 2.96. The van der Waals surface area contributed by atoms with Gasteiger partial charge in [0, 0.05) is 11.8 Å². The molecule has 0 unspecified atom stereocenters. The van der Waals surface area contributed by atoms with Crippen LogP contribution in [-0.4, -0.2) is 55.1 Å².